The van der Waals surface area contributed by atoms with Gasteiger partial charge in [-0.3, -0.25) is 14.4 Å². The molecule has 1 heterocycles. The molecule has 77 heavy (non-hydrogen) atoms. The molecule has 0 saturated carbocycles. The minimum Gasteiger partial charge on any atom is -0.479 e. The van der Waals surface area contributed by atoms with E-state index in [0.29, 0.717) is 19.3 Å². The van der Waals surface area contributed by atoms with Crippen LogP contribution in [-0.4, -0.2) is 89.2 Å². The number of ether oxygens (including phenoxy) is 5. The topological polar surface area (TPSA) is 175 Å². The normalized spacial score (nSPS) is 18.6. The van der Waals surface area contributed by atoms with Crippen LogP contribution in [-0.2, 0) is 42.9 Å². The third kappa shape index (κ3) is 42.5. The summed E-state index contributed by atoms with van der Waals surface area (Å²) >= 11 is 0. The molecule has 0 aliphatic carbocycles. The largest absolute Gasteiger partial charge is 0.479 e. The fourth-order valence-electron chi connectivity index (χ4n) is 8.84. The molecule has 0 aromatic carbocycles. The summed E-state index contributed by atoms with van der Waals surface area (Å²) in [6, 6.07) is 0. The minimum absolute atomic E-state index is 0.0298. The van der Waals surface area contributed by atoms with Gasteiger partial charge in [-0.25, -0.2) is 4.79 Å². The fraction of sp³-hybridized carbons (Fsp3) is 0.723. The predicted octanol–water partition coefficient (Wildman–Crippen LogP) is 15.9. The summed E-state index contributed by atoms with van der Waals surface area (Å²) in [7, 11) is 0. The molecule has 1 aliphatic heterocycles. The van der Waals surface area contributed by atoms with Crippen LogP contribution in [0.15, 0.2) is 85.1 Å². The van der Waals surface area contributed by atoms with Crippen LogP contribution in [0.3, 0.4) is 0 Å². The number of rotatable bonds is 51. The zero-order valence-electron chi connectivity index (χ0n) is 48.4. The van der Waals surface area contributed by atoms with Crippen molar-refractivity contribution in [2.45, 2.75) is 289 Å². The summed E-state index contributed by atoms with van der Waals surface area (Å²) < 4.78 is 28.4. The third-order valence-electron chi connectivity index (χ3n) is 13.5. The molecule has 12 nitrogen and oxygen atoms in total. The lowest BCUT2D eigenvalue weighted by Gasteiger charge is -2.40. The first-order chi connectivity index (χ1) is 37.6. The van der Waals surface area contributed by atoms with Gasteiger partial charge in [0.05, 0.1) is 6.61 Å². The number of hydrogen-bond donors (Lipinski definition) is 3. The van der Waals surface area contributed by atoms with Gasteiger partial charge in [0, 0.05) is 19.3 Å². The Bertz CT molecular complexity index is 1660. The van der Waals surface area contributed by atoms with Crippen molar-refractivity contribution in [1.82, 2.24) is 0 Å². The highest BCUT2D eigenvalue weighted by Crippen LogP contribution is 2.26. The van der Waals surface area contributed by atoms with Crippen molar-refractivity contribution in [3.8, 4) is 0 Å². The van der Waals surface area contributed by atoms with Gasteiger partial charge in [0.2, 0.25) is 0 Å². The van der Waals surface area contributed by atoms with Gasteiger partial charge in [-0.15, -0.1) is 0 Å². The number of aliphatic hydroxyl groups excluding tert-OH is 2. The molecule has 1 fully saturated rings. The standard InChI is InChI=1S/C65H108O12/c1-4-7-10-13-16-19-22-25-27-29-31-34-36-39-42-45-48-51-57(66)73-54-56(75-58(67)52-49-46-43-40-37-33-24-21-18-15-12-9-6-3)55-74-65-63(61(70)60(69)62(77-65)64(71)72)76-59(68)53-50-47-44-41-38-35-32-30-28-26-23-20-17-14-11-8-5-2/h7-8,10-11,16-17,19-20,25-28,32,35,56,60-63,65,69-70H,4-6,9,12-15,18,21-24,29-31,33-34,36-55H2,1-3H3,(H,71,72)/b10-7-,11-8-,19-16-,20-17-,27-25-,28-26-,35-32-. The molecule has 0 aromatic rings. The van der Waals surface area contributed by atoms with Crippen molar-refractivity contribution in [2.75, 3.05) is 13.2 Å². The van der Waals surface area contributed by atoms with E-state index in [0.717, 1.165) is 128 Å². The quantitative estimate of drug-likeness (QED) is 0.0228. The molecule has 1 saturated heterocycles. The molecule has 1 rings (SSSR count). The van der Waals surface area contributed by atoms with E-state index in [1.807, 2.05) is 0 Å². The Morgan fingerprint density at radius 2 is 0.818 bits per heavy atom. The van der Waals surface area contributed by atoms with Gasteiger partial charge in [-0.05, 0) is 89.9 Å². The third-order valence-corrected chi connectivity index (χ3v) is 13.5. The molecule has 0 aromatic heterocycles. The molecule has 6 unspecified atom stereocenters. The fourth-order valence-corrected chi connectivity index (χ4v) is 8.84. The van der Waals surface area contributed by atoms with Crippen LogP contribution in [0.4, 0.5) is 0 Å². The van der Waals surface area contributed by atoms with E-state index in [2.05, 4.69) is 106 Å². The van der Waals surface area contributed by atoms with Gasteiger partial charge >= 0.3 is 23.9 Å². The molecule has 0 spiro atoms. The Morgan fingerprint density at radius 1 is 0.442 bits per heavy atom. The lowest BCUT2D eigenvalue weighted by Crippen LogP contribution is -2.61. The van der Waals surface area contributed by atoms with Gasteiger partial charge in [0.15, 0.2) is 24.6 Å². The van der Waals surface area contributed by atoms with E-state index in [1.54, 1.807) is 0 Å². The van der Waals surface area contributed by atoms with Crippen molar-refractivity contribution in [1.29, 1.82) is 0 Å². The van der Waals surface area contributed by atoms with E-state index in [4.69, 9.17) is 23.7 Å². The average Bonchev–Trinajstić information content (AvgIpc) is 3.42. The average molecular weight is 1080 g/mol. The van der Waals surface area contributed by atoms with Crippen LogP contribution >= 0.6 is 0 Å². The molecule has 0 amide bonds. The lowest BCUT2D eigenvalue weighted by molar-refractivity contribution is -0.301. The summed E-state index contributed by atoms with van der Waals surface area (Å²) in [6.07, 6.45) is 55.4. The molecule has 12 heteroatoms. The van der Waals surface area contributed by atoms with Crippen molar-refractivity contribution in [3.63, 3.8) is 0 Å². The zero-order chi connectivity index (χ0) is 56.1. The number of carboxylic acids is 1. The minimum atomic E-state index is -1.92. The summed E-state index contributed by atoms with van der Waals surface area (Å²) in [5.74, 6) is -3.16. The SMILES string of the molecule is CC/C=C\C/C=C\C/C=C\C/C=C\CCCCCCC(=O)OC1C(OCC(COC(=O)CCCCCCCCC/C=C\C/C=C\C/C=C\CC)OC(=O)CCCCCCCCCCCCCCC)OC(C(=O)O)C(O)C1O. The first-order valence-corrected chi connectivity index (χ1v) is 30.6. The first kappa shape index (κ1) is 70.9. The van der Waals surface area contributed by atoms with E-state index >= 15 is 0 Å². The van der Waals surface area contributed by atoms with Crippen molar-refractivity contribution in [3.05, 3.63) is 85.1 Å². The molecule has 0 radical (unpaired) electrons. The number of carbonyl (C=O) groups excluding carboxylic acids is 3. The van der Waals surface area contributed by atoms with Crippen molar-refractivity contribution in [2.24, 2.45) is 0 Å². The number of unbranched alkanes of at least 4 members (excludes halogenated alkanes) is 23. The molecule has 3 N–H and O–H groups in total. The zero-order valence-corrected chi connectivity index (χ0v) is 48.4. The van der Waals surface area contributed by atoms with Crippen LogP contribution in [0.25, 0.3) is 0 Å². The smallest absolute Gasteiger partial charge is 0.335 e. The molecule has 6 atom stereocenters. The van der Waals surface area contributed by atoms with Gasteiger partial charge in [-0.1, -0.05) is 228 Å². The van der Waals surface area contributed by atoms with Gasteiger partial charge < -0.3 is 39.0 Å². The van der Waals surface area contributed by atoms with Crippen LogP contribution < -0.4 is 0 Å². The van der Waals surface area contributed by atoms with Gasteiger partial charge in [-0.2, -0.15) is 0 Å². The maximum absolute atomic E-state index is 13.2. The predicted molar refractivity (Wildman–Crippen MR) is 312 cm³/mol. The van der Waals surface area contributed by atoms with E-state index in [1.165, 1.54) is 64.2 Å². The number of aliphatic hydroxyl groups is 2. The number of carboxylic acid groups (broad SMARTS) is 1. The first-order valence-electron chi connectivity index (χ1n) is 30.6. The van der Waals surface area contributed by atoms with E-state index in [-0.39, 0.29) is 25.9 Å². The van der Waals surface area contributed by atoms with Crippen LogP contribution in [0, 0.1) is 0 Å². The summed E-state index contributed by atoms with van der Waals surface area (Å²) in [5, 5.41) is 31.5. The van der Waals surface area contributed by atoms with Crippen LogP contribution in [0.1, 0.15) is 252 Å². The Morgan fingerprint density at radius 3 is 1.25 bits per heavy atom. The maximum atomic E-state index is 13.2. The highest BCUT2D eigenvalue weighted by atomic mass is 16.7. The Balaban J connectivity index is 2.69. The van der Waals surface area contributed by atoms with E-state index in [9.17, 15) is 34.5 Å². The van der Waals surface area contributed by atoms with Crippen molar-refractivity contribution < 1.29 is 58.2 Å². The molecule has 440 valence electrons. The van der Waals surface area contributed by atoms with Crippen LogP contribution in [0.5, 0.6) is 0 Å². The molecule has 0 bridgehead atoms. The highest BCUT2D eigenvalue weighted by Gasteiger charge is 2.50. The second-order valence-corrected chi connectivity index (χ2v) is 20.6. The second kappa shape index (κ2) is 52.6. The number of aliphatic carboxylic acids is 1. The maximum Gasteiger partial charge on any atom is 0.335 e. The lowest BCUT2D eigenvalue weighted by atomic mass is 9.98. The van der Waals surface area contributed by atoms with Gasteiger partial charge in [0.1, 0.15) is 18.8 Å². The van der Waals surface area contributed by atoms with Gasteiger partial charge in [0.25, 0.3) is 0 Å². The number of esters is 3. The number of allylic oxidation sites excluding steroid dienone is 14. The summed E-state index contributed by atoms with van der Waals surface area (Å²) in [6.45, 7) is 5.76. The monoisotopic (exact) mass is 1080 g/mol. The number of hydrogen-bond acceptors (Lipinski definition) is 11. The molecular formula is C65H108O12. The van der Waals surface area contributed by atoms with E-state index < -0.39 is 67.3 Å². The second-order valence-electron chi connectivity index (χ2n) is 20.6. The molecular weight excluding hydrogens is 973 g/mol. The Hall–Kier alpha value is -4.10. The van der Waals surface area contributed by atoms with Crippen molar-refractivity contribution >= 4 is 23.9 Å². The summed E-state index contributed by atoms with van der Waals surface area (Å²) in [4.78, 5) is 51.2. The Kier molecular flexibility index (Phi) is 48.4. The summed E-state index contributed by atoms with van der Waals surface area (Å²) in [5.41, 5.74) is 0. The Labute approximate surface area is 467 Å². The molecule has 1 aliphatic rings. The highest BCUT2D eigenvalue weighted by molar-refractivity contribution is 5.74. The number of carbonyl (C=O) groups is 4. The van der Waals surface area contributed by atoms with Crippen LogP contribution in [0.2, 0.25) is 0 Å².